The molecular weight excluding hydrogens is 362 g/mol. The summed E-state index contributed by atoms with van der Waals surface area (Å²) in [5.74, 6) is -0.742. The Labute approximate surface area is 162 Å². The Balaban J connectivity index is 1.75. The lowest BCUT2D eigenvalue weighted by molar-refractivity contribution is -0.142. The minimum absolute atomic E-state index is 0.172. The van der Waals surface area contributed by atoms with E-state index in [1.165, 1.54) is 13.3 Å². The van der Waals surface area contributed by atoms with Crippen molar-refractivity contribution in [2.45, 2.75) is 6.92 Å². The molecule has 0 aromatic heterocycles. The van der Waals surface area contributed by atoms with Crippen LogP contribution in [0.2, 0.25) is 0 Å². The summed E-state index contributed by atoms with van der Waals surface area (Å²) in [6.45, 7) is 1.52. The SMILES string of the molecule is COC(=O)COc1ccc(/C=N\NC(=O)CNC(=O)c2cccc(C)c2)cc1. The van der Waals surface area contributed by atoms with Crippen LogP contribution in [0.3, 0.4) is 0 Å². The number of carbonyl (C=O) groups excluding carboxylic acids is 3. The lowest BCUT2D eigenvalue weighted by atomic mass is 10.1. The number of carbonyl (C=O) groups is 3. The summed E-state index contributed by atoms with van der Waals surface area (Å²) in [6, 6.07) is 13.8. The molecule has 0 saturated carbocycles. The van der Waals surface area contributed by atoms with E-state index in [0.29, 0.717) is 11.3 Å². The molecule has 0 aliphatic heterocycles. The van der Waals surface area contributed by atoms with Crippen LogP contribution >= 0.6 is 0 Å². The molecule has 0 aliphatic carbocycles. The molecule has 8 nitrogen and oxygen atoms in total. The highest BCUT2D eigenvalue weighted by molar-refractivity contribution is 5.96. The van der Waals surface area contributed by atoms with Gasteiger partial charge >= 0.3 is 5.97 Å². The van der Waals surface area contributed by atoms with E-state index in [2.05, 4.69) is 20.6 Å². The maximum atomic E-state index is 12.0. The van der Waals surface area contributed by atoms with Crippen molar-refractivity contribution in [3.8, 4) is 5.75 Å². The number of nitrogens with zero attached hydrogens (tertiary/aromatic N) is 1. The van der Waals surface area contributed by atoms with Crippen LogP contribution in [0.4, 0.5) is 0 Å². The Kier molecular flexibility index (Phi) is 7.71. The second kappa shape index (κ2) is 10.5. The molecule has 0 fully saturated rings. The minimum atomic E-state index is -0.470. The van der Waals surface area contributed by atoms with Gasteiger partial charge in [-0.05, 0) is 48.9 Å². The number of hydrazone groups is 1. The number of amides is 2. The standard InChI is InChI=1S/C20H21N3O5/c1-14-4-3-5-16(10-14)20(26)21-12-18(24)23-22-11-15-6-8-17(9-7-15)28-13-19(25)27-2/h3-11H,12-13H2,1-2H3,(H,21,26)(H,23,24)/b22-11-. The highest BCUT2D eigenvalue weighted by Crippen LogP contribution is 2.11. The van der Waals surface area contributed by atoms with E-state index in [1.807, 2.05) is 13.0 Å². The molecule has 0 unspecified atom stereocenters. The van der Waals surface area contributed by atoms with Crippen molar-refractivity contribution in [3.63, 3.8) is 0 Å². The van der Waals surface area contributed by atoms with E-state index >= 15 is 0 Å². The number of ether oxygens (including phenoxy) is 2. The Morgan fingerprint density at radius 1 is 1.11 bits per heavy atom. The quantitative estimate of drug-likeness (QED) is 0.407. The molecule has 2 aromatic carbocycles. The number of aryl methyl sites for hydroxylation is 1. The van der Waals surface area contributed by atoms with Crippen molar-refractivity contribution in [1.82, 2.24) is 10.7 Å². The van der Waals surface area contributed by atoms with Crippen molar-refractivity contribution in [2.24, 2.45) is 5.10 Å². The van der Waals surface area contributed by atoms with Gasteiger partial charge in [-0.1, -0.05) is 17.7 Å². The van der Waals surface area contributed by atoms with Crippen molar-refractivity contribution < 1.29 is 23.9 Å². The number of nitrogens with one attached hydrogen (secondary N) is 2. The second-order valence-electron chi connectivity index (χ2n) is 5.78. The first-order valence-electron chi connectivity index (χ1n) is 8.44. The van der Waals surface area contributed by atoms with Crippen LogP contribution in [0.25, 0.3) is 0 Å². The molecule has 2 aromatic rings. The number of hydrogen-bond acceptors (Lipinski definition) is 6. The first-order valence-corrected chi connectivity index (χ1v) is 8.44. The van der Waals surface area contributed by atoms with Crippen LogP contribution in [0.1, 0.15) is 21.5 Å². The van der Waals surface area contributed by atoms with Gasteiger partial charge in [-0.3, -0.25) is 9.59 Å². The number of hydrogen-bond donors (Lipinski definition) is 2. The highest BCUT2D eigenvalue weighted by Gasteiger charge is 2.07. The fourth-order valence-electron chi connectivity index (χ4n) is 2.12. The van der Waals surface area contributed by atoms with Gasteiger partial charge in [0.05, 0.1) is 19.9 Å². The lowest BCUT2D eigenvalue weighted by Crippen LogP contribution is -2.34. The van der Waals surface area contributed by atoms with Gasteiger partial charge in [-0.25, -0.2) is 10.2 Å². The smallest absolute Gasteiger partial charge is 0.343 e. The first-order chi connectivity index (χ1) is 13.5. The van der Waals surface area contributed by atoms with E-state index in [0.717, 1.165) is 11.1 Å². The molecule has 0 aliphatic rings. The van der Waals surface area contributed by atoms with E-state index in [4.69, 9.17) is 4.74 Å². The largest absolute Gasteiger partial charge is 0.482 e. The molecule has 146 valence electrons. The van der Waals surface area contributed by atoms with Gasteiger partial charge in [0.2, 0.25) is 0 Å². The zero-order valence-electron chi connectivity index (χ0n) is 15.6. The van der Waals surface area contributed by atoms with Crippen molar-refractivity contribution in [3.05, 3.63) is 65.2 Å². The van der Waals surface area contributed by atoms with Crippen LogP contribution in [-0.2, 0) is 14.3 Å². The third-order valence-electron chi connectivity index (χ3n) is 3.56. The fourth-order valence-corrected chi connectivity index (χ4v) is 2.12. The third kappa shape index (κ3) is 6.91. The first kappa shape index (κ1) is 20.6. The Morgan fingerprint density at radius 2 is 1.86 bits per heavy atom. The van der Waals surface area contributed by atoms with Gasteiger partial charge in [0, 0.05) is 5.56 Å². The summed E-state index contributed by atoms with van der Waals surface area (Å²) in [4.78, 5) is 34.8. The predicted octanol–water partition coefficient (Wildman–Crippen LogP) is 1.43. The van der Waals surface area contributed by atoms with Crippen molar-refractivity contribution in [2.75, 3.05) is 20.3 Å². The van der Waals surface area contributed by atoms with E-state index < -0.39 is 11.9 Å². The van der Waals surface area contributed by atoms with Crippen LogP contribution in [0.15, 0.2) is 53.6 Å². The van der Waals surface area contributed by atoms with Crippen LogP contribution in [0, 0.1) is 6.92 Å². The van der Waals surface area contributed by atoms with Gasteiger partial charge in [-0.2, -0.15) is 5.10 Å². The molecule has 0 bridgehead atoms. The van der Waals surface area contributed by atoms with Crippen molar-refractivity contribution >= 4 is 24.0 Å². The van der Waals surface area contributed by atoms with E-state index in [-0.39, 0.29) is 19.1 Å². The molecule has 0 atom stereocenters. The lowest BCUT2D eigenvalue weighted by Gasteiger charge is -2.05. The average Bonchev–Trinajstić information content (AvgIpc) is 2.71. The molecule has 2 N–H and O–H groups in total. The fraction of sp³-hybridized carbons (Fsp3) is 0.200. The van der Waals surface area contributed by atoms with Gasteiger partial charge in [-0.15, -0.1) is 0 Å². The molecule has 0 saturated heterocycles. The summed E-state index contributed by atoms with van der Waals surface area (Å²) in [5, 5.41) is 6.36. The monoisotopic (exact) mass is 383 g/mol. The van der Waals surface area contributed by atoms with Gasteiger partial charge in [0.1, 0.15) is 5.75 Å². The summed E-state index contributed by atoms with van der Waals surface area (Å²) in [6.07, 6.45) is 1.45. The second-order valence-corrected chi connectivity index (χ2v) is 5.78. The Morgan fingerprint density at radius 3 is 2.54 bits per heavy atom. The molecule has 0 heterocycles. The molecule has 8 heteroatoms. The minimum Gasteiger partial charge on any atom is -0.482 e. The summed E-state index contributed by atoms with van der Waals surface area (Å²) < 4.78 is 9.71. The van der Waals surface area contributed by atoms with Crippen LogP contribution in [0.5, 0.6) is 5.75 Å². The molecule has 0 radical (unpaired) electrons. The molecule has 2 amide bonds. The van der Waals surface area contributed by atoms with E-state index in [1.54, 1.807) is 42.5 Å². The molecular formula is C20H21N3O5. The molecule has 0 spiro atoms. The number of benzene rings is 2. The average molecular weight is 383 g/mol. The van der Waals surface area contributed by atoms with Crippen molar-refractivity contribution in [1.29, 1.82) is 0 Å². The number of methoxy groups -OCH3 is 1. The summed E-state index contributed by atoms with van der Waals surface area (Å²) >= 11 is 0. The predicted molar refractivity (Wildman–Crippen MR) is 103 cm³/mol. The Bertz CT molecular complexity index is 862. The maximum Gasteiger partial charge on any atom is 0.343 e. The van der Waals surface area contributed by atoms with Gasteiger partial charge < -0.3 is 14.8 Å². The topological polar surface area (TPSA) is 106 Å². The van der Waals surface area contributed by atoms with E-state index in [9.17, 15) is 14.4 Å². The zero-order valence-corrected chi connectivity index (χ0v) is 15.6. The zero-order chi connectivity index (χ0) is 20.4. The summed E-state index contributed by atoms with van der Waals surface area (Å²) in [5.41, 5.74) is 4.51. The van der Waals surface area contributed by atoms with Gasteiger partial charge in [0.15, 0.2) is 6.61 Å². The maximum absolute atomic E-state index is 12.0. The third-order valence-corrected chi connectivity index (χ3v) is 3.56. The molecule has 2 rings (SSSR count). The van der Waals surface area contributed by atoms with Crippen LogP contribution in [-0.4, -0.2) is 44.3 Å². The Hall–Kier alpha value is -3.68. The van der Waals surface area contributed by atoms with Crippen LogP contribution < -0.4 is 15.5 Å². The normalized spacial score (nSPS) is 10.4. The highest BCUT2D eigenvalue weighted by atomic mass is 16.6. The molecule has 28 heavy (non-hydrogen) atoms. The number of esters is 1. The number of rotatable bonds is 8. The summed E-state index contributed by atoms with van der Waals surface area (Å²) in [7, 11) is 1.29. The van der Waals surface area contributed by atoms with Gasteiger partial charge in [0.25, 0.3) is 11.8 Å².